The molecule has 3 aliphatic rings. The normalized spacial score (nSPS) is 19.7. The average molecular weight is 477 g/mol. The fourth-order valence-corrected chi connectivity index (χ4v) is 6.78. The molecular formula is C23H29ClN4O3S. The predicted molar refractivity (Wildman–Crippen MR) is 123 cm³/mol. The van der Waals surface area contributed by atoms with Crippen molar-refractivity contribution in [3.05, 3.63) is 52.1 Å². The Kier molecular flexibility index (Phi) is 6.03. The second-order valence-corrected chi connectivity index (χ2v) is 11.6. The molecule has 172 valence electrons. The molecule has 5 rings (SSSR count). The minimum Gasteiger partial charge on any atom is -0.343 e. The van der Waals surface area contributed by atoms with E-state index >= 15 is 0 Å². The van der Waals surface area contributed by atoms with E-state index in [2.05, 4.69) is 9.55 Å². The highest BCUT2D eigenvalue weighted by molar-refractivity contribution is 7.89. The Bertz CT molecular complexity index is 1120. The smallest absolute Gasteiger partial charge is 0.223 e. The van der Waals surface area contributed by atoms with Crippen molar-refractivity contribution in [2.24, 2.45) is 0 Å². The molecule has 1 saturated heterocycles. The van der Waals surface area contributed by atoms with Gasteiger partial charge in [-0.25, -0.2) is 13.4 Å². The molecule has 0 N–H and O–H groups in total. The molecule has 7 nitrogen and oxygen atoms in total. The molecule has 0 radical (unpaired) electrons. The summed E-state index contributed by atoms with van der Waals surface area (Å²) in [7, 11) is -3.50. The zero-order valence-electron chi connectivity index (χ0n) is 18.2. The number of fused-ring (bicyclic) bond motifs is 2. The molecule has 1 fully saturated rings. The summed E-state index contributed by atoms with van der Waals surface area (Å²) in [5, 5.41) is 0.609. The van der Waals surface area contributed by atoms with Crippen LogP contribution >= 0.6 is 11.6 Å². The maximum Gasteiger partial charge on any atom is 0.223 e. The molecule has 0 saturated carbocycles. The van der Waals surface area contributed by atoms with Crippen LogP contribution in [0.2, 0.25) is 5.02 Å². The molecule has 0 atom stereocenters. The van der Waals surface area contributed by atoms with E-state index in [1.807, 2.05) is 23.2 Å². The maximum absolute atomic E-state index is 12.8. The Morgan fingerprint density at radius 3 is 2.69 bits per heavy atom. The third-order valence-electron chi connectivity index (χ3n) is 7.10. The number of halogens is 1. The number of carbonyl (C=O) groups is 1. The third kappa shape index (κ3) is 4.32. The molecule has 0 spiro atoms. The highest BCUT2D eigenvalue weighted by Gasteiger charge is 2.31. The van der Waals surface area contributed by atoms with Crippen molar-refractivity contribution >= 4 is 27.5 Å². The fraction of sp³-hybridized carbons (Fsp3) is 0.565. The maximum atomic E-state index is 12.8. The molecule has 32 heavy (non-hydrogen) atoms. The van der Waals surface area contributed by atoms with Gasteiger partial charge in [-0.2, -0.15) is 4.31 Å². The van der Waals surface area contributed by atoms with Gasteiger partial charge in [-0.15, -0.1) is 0 Å². The number of nitrogens with zero attached hydrogens (tertiary/aromatic N) is 4. The molecule has 1 amide bonds. The van der Waals surface area contributed by atoms with Crippen LogP contribution < -0.4 is 0 Å². The monoisotopic (exact) mass is 476 g/mol. The second kappa shape index (κ2) is 8.80. The first kappa shape index (κ1) is 21.9. The summed E-state index contributed by atoms with van der Waals surface area (Å²) in [5.41, 5.74) is 3.23. The Balaban J connectivity index is 1.13. The van der Waals surface area contributed by atoms with E-state index in [1.54, 1.807) is 6.07 Å². The molecule has 9 heteroatoms. The first-order valence-electron chi connectivity index (χ1n) is 11.5. The number of likely N-dealkylation sites (tertiary alicyclic amines) is 1. The number of imidazole rings is 1. The van der Waals surface area contributed by atoms with Crippen LogP contribution in [0.25, 0.3) is 0 Å². The summed E-state index contributed by atoms with van der Waals surface area (Å²) in [6.07, 6.45) is 7.35. The van der Waals surface area contributed by atoms with Crippen LogP contribution in [-0.4, -0.2) is 51.9 Å². The van der Waals surface area contributed by atoms with E-state index in [0.717, 1.165) is 36.9 Å². The van der Waals surface area contributed by atoms with Gasteiger partial charge in [-0.3, -0.25) is 4.79 Å². The van der Waals surface area contributed by atoms with Gasteiger partial charge in [0.15, 0.2) is 0 Å². The standard InChI is InChI=1S/C23H29ClN4O3S/c24-20-5-4-18-15-27(16-19(18)13-20)32(30,31)12-8-23(29)26-10-6-17(7-11-26)21-14-25-22-3-1-2-9-28(21)22/h4-5,13-14,17H,1-3,6-12,15-16H2. The Morgan fingerprint density at radius 2 is 1.88 bits per heavy atom. The summed E-state index contributed by atoms with van der Waals surface area (Å²) < 4.78 is 29.5. The van der Waals surface area contributed by atoms with Crippen molar-refractivity contribution in [3.8, 4) is 0 Å². The van der Waals surface area contributed by atoms with Crippen molar-refractivity contribution in [2.75, 3.05) is 18.8 Å². The molecule has 0 unspecified atom stereocenters. The lowest BCUT2D eigenvalue weighted by Crippen LogP contribution is -2.39. The number of carbonyl (C=O) groups excluding carboxylic acids is 1. The van der Waals surface area contributed by atoms with E-state index in [9.17, 15) is 13.2 Å². The van der Waals surface area contributed by atoms with E-state index in [0.29, 0.717) is 37.1 Å². The van der Waals surface area contributed by atoms with Gasteiger partial charge >= 0.3 is 0 Å². The molecular weight excluding hydrogens is 448 g/mol. The fourth-order valence-electron chi connectivity index (χ4n) is 5.22. The quantitative estimate of drug-likeness (QED) is 0.663. The van der Waals surface area contributed by atoms with Gasteiger partial charge in [-0.05, 0) is 48.9 Å². The summed E-state index contributed by atoms with van der Waals surface area (Å²) >= 11 is 6.03. The molecule has 4 heterocycles. The lowest BCUT2D eigenvalue weighted by Gasteiger charge is -2.33. The summed E-state index contributed by atoms with van der Waals surface area (Å²) in [5.74, 6) is 1.41. The molecule has 0 bridgehead atoms. The lowest BCUT2D eigenvalue weighted by atomic mass is 9.93. The molecule has 1 aromatic heterocycles. The van der Waals surface area contributed by atoms with Crippen molar-refractivity contribution in [1.82, 2.24) is 18.8 Å². The Labute approximate surface area is 194 Å². The van der Waals surface area contributed by atoms with E-state index in [4.69, 9.17) is 11.6 Å². The average Bonchev–Trinajstić information content (AvgIpc) is 3.42. The van der Waals surface area contributed by atoms with Crippen LogP contribution in [0.15, 0.2) is 24.4 Å². The van der Waals surface area contributed by atoms with Crippen LogP contribution in [0.1, 0.15) is 60.7 Å². The van der Waals surface area contributed by atoms with Crippen molar-refractivity contribution in [1.29, 1.82) is 0 Å². The predicted octanol–water partition coefficient (Wildman–Crippen LogP) is 3.31. The summed E-state index contributed by atoms with van der Waals surface area (Å²) in [6, 6.07) is 5.48. The van der Waals surface area contributed by atoms with E-state index < -0.39 is 10.0 Å². The van der Waals surface area contributed by atoms with Gasteiger partial charge in [0, 0.05) is 68.4 Å². The molecule has 3 aliphatic heterocycles. The third-order valence-corrected chi connectivity index (χ3v) is 9.10. The van der Waals surface area contributed by atoms with Crippen LogP contribution in [0.4, 0.5) is 0 Å². The van der Waals surface area contributed by atoms with E-state index in [-0.39, 0.29) is 18.1 Å². The summed E-state index contributed by atoms with van der Waals surface area (Å²) in [6.45, 7) is 3.08. The zero-order valence-corrected chi connectivity index (χ0v) is 19.7. The number of aryl methyl sites for hydroxylation is 1. The van der Waals surface area contributed by atoms with Crippen molar-refractivity contribution in [2.45, 2.75) is 64.1 Å². The number of hydrogen-bond acceptors (Lipinski definition) is 4. The number of benzene rings is 1. The number of sulfonamides is 1. The zero-order chi connectivity index (χ0) is 22.3. The van der Waals surface area contributed by atoms with Crippen LogP contribution in [0.3, 0.4) is 0 Å². The minimum atomic E-state index is -3.50. The number of piperidine rings is 1. The van der Waals surface area contributed by atoms with Crippen molar-refractivity contribution < 1.29 is 13.2 Å². The minimum absolute atomic E-state index is 0.0304. The van der Waals surface area contributed by atoms with Gasteiger partial charge in [0.25, 0.3) is 0 Å². The number of aromatic nitrogens is 2. The molecule has 2 aromatic rings. The van der Waals surface area contributed by atoms with Gasteiger partial charge < -0.3 is 9.47 Å². The lowest BCUT2D eigenvalue weighted by molar-refractivity contribution is -0.131. The van der Waals surface area contributed by atoms with Crippen LogP contribution in [0, 0.1) is 0 Å². The van der Waals surface area contributed by atoms with Gasteiger partial charge in [0.2, 0.25) is 15.9 Å². The SMILES string of the molecule is O=C(CCS(=O)(=O)N1Cc2ccc(Cl)cc2C1)N1CCC(c2cnc3n2CCCC3)CC1. The number of hydrogen-bond donors (Lipinski definition) is 0. The van der Waals surface area contributed by atoms with Crippen molar-refractivity contribution in [3.63, 3.8) is 0 Å². The molecule has 0 aliphatic carbocycles. The number of amides is 1. The largest absolute Gasteiger partial charge is 0.343 e. The van der Waals surface area contributed by atoms with Crippen LogP contribution in [-0.2, 0) is 40.9 Å². The highest BCUT2D eigenvalue weighted by Crippen LogP contribution is 2.31. The Hall–Kier alpha value is -1.90. The van der Waals surface area contributed by atoms with Gasteiger partial charge in [0.05, 0.1) is 5.75 Å². The highest BCUT2D eigenvalue weighted by atomic mass is 35.5. The first-order valence-corrected chi connectivity index (χ1v) is 13.5. The Morgan fingerprint density at radius 1 is 1.09 bits per heavy atom. The first-order chi connectivity index (χ1) is 15.4. The van der Waals surface area contributed by atoms with Crippen LogP contribution in [0.5, 0.6) is 0 Å². The number of rotatable bonds is 5. The summed E-state index contributed by atoms with van der Waals surface area (Å²) in [4.78, 5) is 19.2. The second-order valence-electron chi connectivity index (χ2n) is 9.11. The van der Waals surface area contributed by atoms with E-state index in [1.165, 1.54) is 28.7 Å². The molecule has 1 aromatic carbocycles. The topological polar surface area (TPSA) is 75.5 Å². The van der Waals surface area contributed by atoms with Gasteiger partial charge in [-0.1, -0.05) is 17.7 Å². The van der Waals surface area contributed by atoms with Gasteiger partial charge in [0.1, 0.15) is 5.82 Å².